The first kappa shape index (κ1) is 24.4. The molecule has 0 aromatic carbocycles. The zero-order valence-electron chi connectivity index (χ0n) is 14.6. The van der Waals surface area contributed by atoms with E-state index in [4.69, 9.17) is 0 Å². The summed E-state index contributed by atoms with van der Waals surface area (Å²) >= 11 is -2.59. The first-order chi connectivity index (χ1) is 12.1. The number of unbranched alkanes of at least 4 members (excludes halogenated alkanes) is 4. The standard InChI is InChI=1S/C15H26F3N3O4S/c1-2-12(11-13(22)21-26(24)25)9-7-5-3-4-6-8-10-19-14(23)20-15(16,17)18/h7,9,12H,2-6,8,10-11H2,1H3,(H,21,22)(H,24,25)(H2,19,20,23)/p-1. The lowest BCUT2D eigenvalue weighted by Gasteiger charge is -2.11. The number of nitrogens with one attached hydrogen (secondary N) is 3. The van der Waals surface area contributed by atoms with Gasteiger partial charge in [0.1, 0.15) is 0 Å². The van der Waals surface area contributed by atoms with Crippen LogP contribution in [0.3, 0.4) is 0 Å². The van der Waals surface area contributed by atoms with Crippen molar-refractivity contribution in [2.75, 3.05) is 6.54 Å². The Morgan fingerprint density at radius 1 is 1.19 bits per heavy atom. The number of alkyl halides is 3. The van der Waals surface area contributed by atoms with E-state index in [0.29, 0.717) is 12.8 Å². The van der Waals surface area contributed by atoms with E-state index in [1.807, 2.05) is 19.1 Å². The number of allylic oxidation sites excluding steroid dienone is 2. The number of halogens is 3. The maximum absolute atomic E-state index is 11.8. The average Bonchev–Trinajstić information content (AvgIpc) is 2.49. The number of rotatable bonds is 12. The molecule has 3 amide bonds. The van der Waals surface area contributed by atoms with Crippen LogP contribution in [0.4, 0.5) is 18.0 Å². The largest absolute Gasteiger partial charge is 0.755 e. The molecule has 0 aromatic rings. The van der Waals surface area contributed by atoms with Crippen LogP contribution in [0.2, 0.25) is 0 Å². The minimum atomic E-state index is -4.72. The molecule has 0 spiro atoms. The molecular weight excluding hydrogens is 375 g/mol. The second kappa shape index (κ2) is 13.6. The summed E-state index contributed by atoms with van der Waals surface area (Å²) < 4.78 is 58.0. The molecule has 0 aliphatic heterocycles. The van der Waals surface area contributed by atoms with Gasteiger partial charge in [-0.1, -0.05) is 31.9 Å². The second-order valence-electron chi connectivity index (χ2n) is 5.64. The monoisotopic (exact) mass is 400 g/mol. The molecule has 7 nitrogen and oxygen atoms in total. The lowest BCUT2D eigenvalue weighted by molar-refractivity contribution is -0.145. The quantitative estimate of drug-likeness (QED) is 0.202. The van der Waals surface area contributed by atoms with Crippen molar-refractivity contribution in [3.8, 4) is 0 Å². The Morgan fingerprint density at radius 2 is 1.85 bits per heavy atom. The van der Waals surface area contributed by atoms with Gasteiger partial charge in [-0.3, -0.25) is 13.7 Å². The highest BCUT2D eigenvalue weighted by Crippen LogP contribution is 2.12. The van der Waals surface area contributed by atoms with Crippen molar-refractivity contribution < 1.29 is 31.5 Å². The highest BCUT2D eigenvalue weighted by molar-refractivity contribution is 7.77. The molecule has 0 saturated heterocycles. The SMILES string of the molecule is CCC(C=CCCCCCCNC(=O)NC(F)(F)F)CC(=O)NS(=O)[O-]. The fraction of sp³-hybridized carbons (Fsp3) is 0.733. The molecule has 0 bridgehead atoms. The third-order valence-corrected chi connectivity index (χ3v) is 3.81. The van der Waals surface area contributed by atoms with Crippen LogP contribution < -0.4 is 15.4 Å². The van der Waals surface area contributed by atoms with Crippen LogP contribution in [0.15, 0.2) is 12.2 Å². The molecule has 0 saturated carbocycles. The lowest BCUT2D eigenvalue weighted by atomic mass is 10.0. The van der Waals surface area contributed by atoms with E-state index in [0.717, 1.165) is 31.0 Å². The molecule has 3 N–H and O–H groups in total. The Kier molecular flexibility index (Phi) is 12.7. The lowest BCUT2D eigenvalue weighted by Crippen LogP contribution is -2.44. The highest BCUT2D eigenvalue weighted by atomic mass is 32.2. The second-order valence-corrected chi connectivity index (χ2v) is 6.32. The van der Waals surface area contributed by atoms with E-state index in [-0.39, 0.29) is 18.9 Å². The zero-order chi connectivity index (χ0) is 20.0. The van der Waals surface area contributed by atoms with Crippen molar-refractivity contribution in [3.05, 3.63) is 12.2 Å². The van der Waals surface area contributed by atoms with Crippen LogP contribution in [0.25, 0.3) is 0 Å². The van der Waals surface area contributed by atoms with Gasteiger partial charge in [0.2, 0.25) is 5.91 Å². The van der Waals surface area contributed by atoms with Crippen LogP contribution >= 0.6 is 0 Å². The van der Waals surface area contributed by atoms with Crippen LogP contribution in [-0.2, 0) is 16.1 Å². The highest BCUT2D eigenvalue weighted by Gasteiger charge is 2.29. The minimum Gasteiger partial charge on any atom is -0.755 e. The maximum Gasteiger partial charge on any atom is 0.485 e. The Morgan fingerprint density at radius 3 is 2.42 bits per heavy atom. The summed E-state index contributed by atoms with van der Waals surface area (Å²) in [5, 5.41) is 2.99. The first-order valence-corrected chi connectivity index (χ1v) is 9.39. The van der Waals surface area contributed by atoms with Gasteiger partial charge in [0.15, 0.2) is 0 Å². The molecule has 0 radical (unpaired) electrons. The first-order valence-electron chi connectivity index (χ1n) is 8.32. The summed E-state index contributed by atoms with van der Waals surface area (Å²) in [5.41, 5.74) is 0. The number of hydrogen-bond donors (Lipinski definition) is 3. The molecule has 152 valence electrons. The smallest absolute Gasteiger partial charge is 0.485 e. The Labute approximate surface area is 153 Å². The van der Waals surface area contributed by atoms with E-state index < -0.39 is 29.5 Å². The van der Waals surface area contributed by atoms with E-state index >= 15 is 0 Å². The van der Waals surface area contributed by atoms with Gasteiger partial charge in [0.25, 0.3) is 0 Å². The normalized spacial score (nSPS) is 14.0. The summed E-state index contributed by atoms with van der Waals surface area (Å²) in [7, 11) is 0. The van der Waals surface area contributed by atoms with Gasteiger partial charge in [-0.15, -0.1) is 0 Å². The molecule has 0 heterocycles. The van der Waals surface area contributed by atoms with Gasteiger partial charge in [0, 0.05) is 24.2 Å². The summed E-state index contributed by atoms with van der Waals surface area (Å²) in [4.78, 5) is 22.2. The molecule has 0 aliphatic carbocycles. The van der Waals surface area contributed by atoms with Gasteiger partial charge in [0.05, 0.1) is 0 Å². The third-order valence-electron chi connectivity index (χ3n) is 3.42. The molecule has 0 aromatic heterocycles. The van der Waals surface area contributed by atoms with E-state index in [2.05, 4.69) is 5.32 Å². The van der Waals surface area contributed by atoms with Crippen LogP contribution in [0.5, 0.6) is 0 Å². The number of carbonyl (C=O) groups excluding carboxylic acids is 2. The minimum absolute atomic E-state index is 0.0325. The van der Waals surface area contributed by atoms with Gasteiger partial charge in [-0.05, 0) is 31.6 Å². The molecule has 2 unspecified atom stereocenters. The van der Waals surface area contributed by atoms with E-state index in [1.54, 1.807) is 4.72 Å². The fourth-order valence-electron chi connectivity index (χ4n) is 2.13. The number of urea groups is 1. The Balaban J connectivity index is 3.72. The van der Waals surface area contributed by atoms with Crippen molar-refractivity contribution in [1.82, 2.24) is 15.4 Å². The van der Waals surface area contributed by atoms with Crippen molar-refractivity contribution in [2.24, 2.45) is 5.92 Å². The fourth-order valence-corrected chi connectivity index (χ4v) is 2.39. The van der Waals surface area contributed by atoms with Crippen LogP contribution in [0.1, 0.15) is 51.9 Å². The van der Waals surface area contributed by atoms with Crippen molar-refractivity contribution in [3.63, 3.8) is 0 Å². The Bertz CT molecular complexity index is 487. The van der Waals surface area contributed by atoms with Crippen molar-refractivity contribution in [1.29, 1.82) is 0 Å². The summed E-state index contributed by atoms with van der Waals surface area (Å²) in [6, 6.07) is -1.25. The number of carbonyl (C=O) groups is 2. The van der Waals surface area contributed by atoms with E-state index in [1.165, 1.54) is 0 Å². The molecular formula is C15H25F3N3O4S-. The van der Waals surface area contributed by atoms with Gasteiger partial charge >= 0.3 is 12.3 Å². The molecule has 0 aliphatic rings. The number of hydrogen-bond acceptors (Lipinski definition) is 4. The summed E-state index contributed by atoms with van der Waals surface area (Å²) in [5.74, 6) is -0.577. The van der Waals surface area contributed by atoms with E-state index in [9.17, 15) is 31.5 Å². The van der Waals surface area contributed by atoms with Gasteiger partial charge < -0.3 is 9.87 Å². The summed E-state index contributed by atoms with van der Waals surface area (Å²) in [6.07, 6.45) is 3.79. The predicted molar refractivity (Wildman–Crippen MR) is 90.3 cm³/mol. The predicted octanol–water partition coefficient (Wildman–Crippen LogP) is 2.64. The van der Waals surface area contributed by atoms with Crippen LogP contribution in [0, 0.1) is 5.92 Å². The van der Waals surface area contributed by atoms with Gasteiger partial charge in [-0.25, -0.2) is 10.1 Å². The number of amides is 3. The topological polar surface area (TPSA) is 110 Å². The molecule has 0 fully saturated rings. The van der Waals surface area contributed by atoms with Crippen molar-refractivity contribution >= 4 is 23.2 Å². The third kappa shape index (κ3) is 15.9. The molecule has 11 heteroatoms. The summed E-state index contributed by atoms with van der Waals surface area (Å²) in [6.45, 7) is 2.07. The average molecular weight is 400 g/mol. The van der Waals surface area contributed by atoms with Crippen LogP contribution in [-0.4, -0.2) is 33.5 Å². The molecule has 0 rings (SSSR count). The molecule has 2 atom stereocenters. The molecule has 26 heavy (non-hydrogen) atoms. The zero-order valence-corrected chi connectivity index (χ0v) is 15.4. The maximum atomic E-state index is 11.8. The van der Waals surface area contributed by atoms with Gasteiger partial charge in [-0.2, -0.15) is 13.2 Å². The van der Waals surface area contributed by atoms with Crippen molar-refractivity contribution in [2.45, 2.75) is 58.2 Å². The Hall–Kier alpha value is -1.62.